The summed E-state index contributed by atoms with van der Waals surface area (Å²) < 4.78 is 11.5. The van der Waals surface area contributed by atoms with Gasteiger partial charge in [0, 0.05) is 21.8 Å². The lowest BCUT2D eigenvalue weighted by molar-refractivity contribution is 0.102. The molecule has 0 spiro atoms. The smallest absolute Gasteiger partial charge is 0.255 e. The maximum Gasteiger partial charge on any atom is 0.255 e. The van der Waals surface area contributed by atoms with Crippen molar-refractivity contribution in [1.82, 2.24) is 0 Å². The van der Waals surface area contributed by atoms with E-state index in [1.165, 1.54) is 0 Å². The quantitative estimate of drug-likeness (QED) is 0.582. The highest BCUT2D eigenvalue weighted by Crippen LogP contribution is 2.24. The van der Waals surface area contributed by atoms with Crippen LogP contribution in [0.25, 0.3) is 0 Å². The molecule has 27 heavy (non-hydrogen) atoms. The third-order valence-electron chi connectivity index (χ3n) is 3.84. The molecule has 3 rings (SSSR count). The van der Waals surface area contributed by atoms with E-state index in [1.807, 2.05) is 37.3 Å². The van der Waals surface area contributed by atoms with Crippen LogP contribution >= 0.6 is 11.6 Å². The third kappa shape index (κ3) is 5.25. The van der Waals surface area contributed by atoms with Gasteiger partial charge in [0.1, 0.15) is 18.1 Å². The second-order valence-corrected chi connectivity index (χ2v) is 6.26. The Balaban J connectivity index is 1.78. The van der Waals surface area contributed by atoms with Crippen molar-refractivity contribution >= 4 is 23.2 Å². The molecule has 0 atom stereocenters. The summed E-state index contributed by atoms with van der Waals surface area (Å²) >= 11 is 5.97. The van der Waals surface area contributed by atoms with E-state index in [2.05, 4.69) is 5.32 Å². The van der Waals surface area contributed by atoms with Crippen LogP contribution in [0.1, 0.15) is 22.8 Å². The first-order valence-electron chi connectivity index (χ1n) is 8.66. The summed E-state index contributed by atoms with van der Waals surface area (Å²) in [5.41, 5.74) is 1.97. The Labute approximate surface area is 163 Å². The molecule has 1 N–H and O–H groups in total. The summed E-state index contributed by atoms with van der Waals surface area (Å²) in [7, 11) is 0. The lowest BCUT2D eigenvalue weighted by Crippen LogP contribution is -2.13. The fraction of sp³-hybridized carbons (Fsp3) is 0.136. The van der Waals surface area contributed by atoms with Crippen LogP contribution in [0, 0.1) is 0 Å². The zero-order chi connectivity index (χ0) is 19.1. The summed E-state index contributed by atoms with van der Waals surface area (Å²) in [6.07, 6.45) is 0. The Morgan fingerprint density at radius 2 is 1.78 bits per heavy atom. The van der Waals surface area contributed by atoms with Crippen molar-refractivity contribution in [2.24, 2.45) is 0 Å². The Bertz CT molecular complexity index is 912. The van der Waals surface area contributed by atoms with Crippen molar-refractivity contribution in [1.29, 1.82) is 0 Å². The molecule has 5 heteroatoms. The number of ether oxygens (including phenoxy) is 2. The third-order valence-corrected chi connectivity index (χ3v) is 4.08. The van der Waals surface area contributed by atoms with Crippen LogP contribution in [0.5, 0.6) is 11.5 Å². The van der Waals surface area contributed by atoms with Crippen LogP contribution in [0.3, 0.4) is 0 Å². The zero-order valence-corrected chi connectivity index (χ0v) is 15.7. The molecule has 3 aromatic carbocycles. The summed E-state index contributed by atoms with van der Waals surface area (Å²) in [6, 6.07) is 21.9. The number of rotatable bonds is 7. The van der Waals surface area contributed by atoms with Crippen molar-refractivity contribution in [2.45, 2.75) is 13.5 Å². The average molecular weight is 382 g/mol. The summed E-state index contributed by atoms with van der Waals surface area (Å²) in [6.45, 7) is 2.76. The van der Waals surface area contributed by atoms with Crippen molar-refractivity contribution in [3.63, 3.8) is 0 Å². The van der Waals surface area contributed by atoms with E-state index in [1.54, 1.807) is 42.5 Å². The number of nitrogens with one attached hydrogen (secondary N) is 1. The minimum atomic E-state index is -0.221. The standard InChI is InChI=1S/C22H20ClNO3/c1-2-26-21-12-11-16(22(25)24-19-8-6-7-18(23)14-19)13-17(21)15-27-20-9-4-3-5-10-20/h3-14H,2,15H2,1H3,(H,24,25). The van der Waals surface area contributed by atoms with E-state index in [-0.39, 0.29) is 5.91 Å². The van der Waals surface area contributed by atoms with Gasteiger partial charge < -0.3 is 14.8 Å². The van der Waals surface area contributed by atoms with Gasteiger partial charge in [-0.1, -0.05) is 35.9 Å². The molecule has 0 fully saturated rings. The van der Waals surface area contributed by atoms with Crippen LogP contribution in [0.4, 0.5) is 5.69 Å². The molecule has 0 aliphatic rings. The second-order valence-electron chi connectivity index (χ2n) is 5.82. The van der Waals surface area contributed by atoms with E-state index in [9.17, 15) is 4.79 Å². The molecule has 0 aromatic heterocycles. The minimum Gasteiger partial charge on any atom is -0.493 e. The molecule has 0 saturated heterocycles. The highest BCUT2D eigenvalue weighted by Gasteiger charge is 2.12. The summed E-state index contributed by atoms with van der Waals surface area (Å²) in [5, 5.41) is 3.41. The number of carbonyl (C=O) groups excluding carboxylic acids is 1. The van der Waals surface area contributed by atoms with Crippen LogP contribution in [0.2, 0.25) is 5.02 Å². The first-order valence-corrected chi connectivity index (χ1v) is 9.04. The lowest BCUT2D eigenvalue weighted by Gasteiger charge is -2.13. The van der Waals surface area contributed by atoms with Gasteiger partial charge in [-0.3, -0.25) is 4.79 Å². The highest BCUT2D eigenvalue weighted by molar-refractivity contribution is 6.30. The van der Waals surface area contributed by atoms with Gasteiger partial charge in [-0.15, -0.1) is 0 Å². The van der Waals surface area contributed by atoms with E-state index < -0.39 is 0 Å². The van der Waals surface area contributed by atoms with Gasteiger partial charge >= 0.3 is 0 Å². The van der Waals surface area contributed by atoms with Crippen molar-refractivity contribution in [2.75, 3.05) is 11.9 Å². The van der Waals surface area contributed by atoms with E-state index in [0.29, 0.717) is 35.2 Å². The van der Waals surface area contributed by atoms with Gasteiger partial charge in [0.25, 0.3) is 5.91 Å². The number of benzene rings is 3. The molecule has 0 radical (unpaired) electrons. The number of carbonyl (C=O) groups is 1. The number of amides is 1. The molecule has 0 saturated carbocycles. The fourth-order valence-corrected chi connectivity index (χ4v) is 2.77. The first kappa shape index (κ1) is 18.8. The Morgan fingerprint density at radius 1 is 0.963 bits per heavy atom. The average Bonchev–Trinajstić information content (AvgIpc) is 2.68. The highest BCUT2D eigenvalue weighted by atomic mass is 35.5. The topological polar surface area (TPSA) is 47.6 Å². The molecule has 0 aliphatic heterocycles. The maximum absolute atomic E-state index is 12.6. The molecule has 3 aromatic rings. The van der Waals surface area contributed by atoms with E-state index in [0.717, 1.165) is 11.3 Å². The number of anilines is 1. The molecule has 0 aliphatic carbocycles. The maximum atomic E-state index is 12.6. The van der Waals surface area contributed by atoms with Gasteiger partial charge in [0.05, 0.1) is 6.61 Å². The monoisotopic (exact) mass is 381 g/mol. The lowest BCUT2D eigenvalue weighted by atomic mass is 10.1. The van der Waals surface area contributed by atoms with Crippen LogP contribution in [-0.2, 0) is 6.61 Å². The number of hydrogen-bond donors (Lipinski definition) is 1. The number of halogens is 1. The van der Waals surface area contributed by atoms with Gasteiger partial charge in [0.2, 0.25) is 0 Å². The molecule has 1 amide bonds. The van der Waals surface area contributed by atoms with Crippen LogP contribution in [-0.4, -0.2) is 12.5 Å². The van der Waals surface area contributed by atoms with Gasteiger partial charge in [-0.2, -0.15) is 0 Å². The molecule has 0 heterocycles. The Morgan fingerprint density at radius 3 is 2.52 bits per heavy atom. The Hall–Kier alpha value is -2.98. The minimum absolute atomic E-state index is 0.221. The van der Waals surface area contributed by atoms with Crippen LogP contribution in [0.15, 0.2) is 72.8 Å². The van der Waals surface area contributed by atoms with E-state index >= 15 is 0 Å². The number of para-hydroxylation sites is 1. The Kier molecular flexibility index (Phi) is 6.34. The van der Waals surface area contributed by atoms with Crippen molar-refractivity contribution in [3.8, 4) is 11.5 Å². The first-order chi connectivity index (χ1) is 13.2. The normalized spacial score (nSPS) is 10.3. The van der Waals surface area contributed by atoms with Gasteiger partial charge in [0.15, 0.2) is 0 Å². The fourth-order valence-electron chi connectivity index (χ4n) is 2.58. The summed E-state index contributed by atoms with van der Waals surface area (Å²) in [5.74, 6) is 1.24. The summed E-state index contributed by atoms with van der Waals surface area (Å²) in [4.78, 5) is 12.6. The molecule has 0 bridgehead atoms. The predicted molar refractivity (Wildman–Crippen MR) is 108 cm³/mol. The second kappa shape index (κ2) is 9.10. The van der Waals surface area contributed by atoms with Gasteiger partial charge in [-0.05, 0) is 55.5 Å². The zero-order valence-electron chi connectivity index (χ0n) is 14.9. The van der Waals surface area contributed by atoms with Crippen LogP contribution < -0.4 is 14.8 Å². The van der Waals surface area contributed by atoms with E-state index in [4.69, 9.17) is 21.1 Å². The van der Waals surface area contributed by atoms with Gasteiger partial charge in [-0.25, -0.2) is 0 Å². The molecular formula is C22H20ClNO3. The van der Waals surface area contributed by atoms with Crippen molar-refractivity contribution in [3.05, 3.63) is 88.9 Å². The van der Waals surface area contributed by atoms with Crippen molar-refractivity contribution < 1.29 is 14.3 Å². The largest absolute Gasteiger partial charge is 0.493 e. The molecule has 4 nitrogen and oxygen atoms in total. The molecular weight excluding hydrogens is 362 g/mol. The molecule has 138 valence electrons. The SMILES string of the molecule is CCOc1ccc(C(=O)Nc2cccc(Cl)c2)cc1COc1ccccc1. The molecule has 0 unspecified atom stereocenters. The number of hydrogen-bond acceptors (Lipinski definition) is 3. The predicted octanol–water partition coefficient (Wildman–Crippen LogP) is 5.57.